The summed E-state index contributed by atoms with van der Waals surface area (Å²) in [7, 11) is 0. The molecular formula is C11H16BrClS. The topological polar surface area (TPSA) is 0 Å². The van der Waals surface area contributed by atoms with Gasteiger partial charge < -0.3 is 0 Å². The Morgan fingerprint density at radius 3 is 2.50 bits per heavy atom. The number of rotatable bonds is 4. The van der Waals surface area contributed by atoms with Crippen molar-refractivity contribution in [3.05, 3.63) is 20.3 Å². The van der Waals surface area contributed by atoms with Crippen LogP contribution in [0.25, 0.3) is 0 Å². The summed E-state index contributed by atoms with van der Waals surface area (Å²) in [5.74, 6) is 0.737. The van der Waals surface area contributed by atoms with Gasteiger partial charge in [-0.25, -0.2) is 0 Å². The van der Waals surface area contributed by atoms with Gasteiger partial charge in [0, 0.05) is 4.88 Å². The molecular weight excluding hydrogens is 280 g/mol. The van der Waals surface area contributed by atoms with E-state index in [1.54, 1.807) is 11.3 Å². The molecule has 0 radical (unpaired) electrons. The van der Waals surface area contributed by atoms with Gasteiger partial charge in [0.25, 0.3) is 0 Å². The SMILES string of the molecule is Cc1cc(C(Cl)CCC(C)C)sc1Br. The Labute approximate surface area is 104 Å². The van der Waals surface area contributed by atoms with Gasteiger partial charge in [-0.05, 0) is 53.2 Å². The summed E-state index contributed by atoms with van der Waals surface area (Å²) in [6.45, 7) is 6.58. The average molecular weight is 296 g/mol. The van der Waals surface area contributed by atoms with Crippen LogP contribution in [0.15, 0.2) is 9.85 Å². The number of alkyl halides is 1. The standard InChI is InChI=1S/C11H16BrClS/c1-7(2)4-5-9(13)10-6-8(3)11(12)14-10/h6-7,9H,4-5H2,1-3H3. The molecule has 0 saturated heterocycles. The maximum atomic E-state index is 6.33. The van der Waals surface area contributed by atoms with Gasteiger partial charge in [0.15, 0.2) is 0 Å². The van der Waals surface area contributed by atoms with Crippen LogP contribution in [0.5, 0.6) is 0 Å². The monoisotopic (exact) mass is 294 g/mol. The van der Waals surface area contributed by atoms with Crippen LogP contribution < -0.4 is 0 Å². The molecule has 1 aromatic heterocycles. The predicted octanol–water partition coefficient (Wildman–Crippen LogP) is 5.54. The Balaban J connectivity index is 2.56. The van der Waals surface area contributed by atoms with E-state index in [2.05, 4.69) is 42.8 Å². The Hall–Kier alpha value is 0.470. The highest BCUT2D eigenvalue weighted by Gasteiger charge is 2.12. The molecule has 0 aromatic carbocycles. The lowest BCUT2D eigenvalue weighted by atomic mass is 10.1. The second-order valence-electron chi connectivity index (χ2n) is 4.04. The van der Waals surface area contributed by atoms with Gasteiger partial charge in [-0.1, -0.05) is 13.8 Å². The molecule has 0 saturated carbocycles. The van der Waals surface area contributed by atoms with Gasteiger partial charge in [0.05, 0.1) is 9.16 Å². The van der Waals surface area contributed by atoms with Crippen molar-refractivity contribution in [2.75, 3.05) is 0 Å². The molecule has 14 heavy (non-hydrogen) atoms. The van der Waals surface area contributed by atoms with E-state index in [1.165, 1.54) is 20.6 Å². The van der Waals surface area contributed by atoms with Crippen LogP contribution in [0.3, 0.4) is 0 Å². The first-order valence-corrected chi connectivity index (χ1v) is 6.95. The summed E-state index contributed by atoms with van der Waals surface area (Å²) < 4.78 is 1.21. The van der Waals surface area contributed by atoms with Gasteiger partial charge in [0.1, 0.15) is 0 Å². The number of aryl methyl sites for hydroxylation is 1. The smallest absolute Gasteiger partial charge is 0.0731 e. The minimum Gasteiger partial charge on any atom is -0.131 e. The average Bonchev–Trinajstić information content (AvgIpc) is 2.43. The van der Waals surface area contributed by atoms with Gasteiger partial charge in [-0.2, -0.15) is 0 Å². The van der Waals surface area contributed by atoms with E-state index in [0.29, 0.717) is 0 Å². The molecule has 0 fully saturated rings. The molecule has 1 atom stereocenters. The fraction of sp³-hybridized carbons (Fsp3) is 0.636. The summed E-state index contributed by atoms with van der Waals surface area (Å²) in [6.07, 6.45) is 2.27. The van der Waals surface area contributed by atoms with Gasteiger partial charge >= 0.3 is 0 Å². The third-order valence-corrected chi connectivity index (χ3v) is 5.02. The van der Waals surface area contributed by atoms with Crippen molar-refractivity contribution in [1.82, 2.24) is 0 Å². The largest absolute Gasteiger partial charge is 0.131 e. The maximum Gasteiger partial charge on any atom is 0.0731 e. The Morgan fingerprint density at radius 2 is 2.07 bits per heavy atom. The zero-order chi connectivity index (χ0) is 10.7. The van der Waals surface area contributed by atoms with Crippen molar-refractivity contribution >= 4 is 38.9 Å². The highest BCUT2D eigenvalue weighted by atomic mass is 79.9. The van der Waals surface area contributed by atoms with E-state index in [9.17, 15) is 0 Å². The molecule has 1 unspecified atom stereocenters. The molecule has 1 aromatic rings. The quantitative estimate of drug-likeness (QED) is 0.640. The highest BCUT2D eigenvalue weighted by molar-refractivity contribution is 9.11. The molecule has 0 spiro atoms. The minimum atomic E-state index is 0.187. The van der Waals surface area contributed by atoms with Crippen molar-refractivity contribution < 1.29 is 0 Å². The van der Waals surface area contributed by atoms with Crippen LogP contribution in [0.1, 0.15) is 42.5 Å². The lowest BCUT2D eigenvalue weighted by Crippen LogP contribution is -1.92. The number of hydrogen-bond donors (Lipinski definition) is 0. The van der Waals surface area contributed by atoms with Crippen molar-refractivity contribution in [3.63, 3.8) is 0 Å². The van der Waals surface area contributed by atoms with E-state index in [-0.39, 0.29) is 5.38 Å². The van der Waals surface area contributed by atoms with Crippen molar-refractivity contribution in [3.8, 4) is 0 Å². The normalized spacial score (nSPS) is 13.6. The van der Waals surface area contributed by atoms with Crippen LogP contribution in [-0.4, -0.2) is 0 Å². The molecule has 0 amide bonds. The van der Waals surface area contributed by atoms with E-state index in [1.807, 2.05) is 0 Å². The molecule has 0 aliphatic heterocycles. The molecule has 80 valence electrons. The van der Waals surface area contributed by atoms with Crippen LogP contribution >= 0.6 is 38.9 Å². The van der Waals surface area contributed by atoms with Crippen LogP contribution in [0.4, 0.5) is 0 Å². The summed E-state index contributed by atoms with van der Waals surface area (Å²) >= 11 is 11.6. The third kappa shape index (κ3) is 3.56. The molecule has 0 aliphatic rings. The number of hydrogen-bond acceptors (Lipinski definition) is 1. The summed E-state index contributed by atoms with van der Waals surface area (Å²) in [5.41, 5.74) is 1.29. The maximum absolute atomic E-state index is 6.33. The fourth-order valence-corrected chi connectivity index (χ4v) is 3.17. The minimum absolute atomic E-state index is 0.187. The van der Waals surface area contributed by atoms with Crippen LogP contribution in [0.2, 0.25) is 0 Å². The first-order valence-electron chi connectivity index (χ1n) is 4.90. The second kappa shape index (κ2) is 5.53. The summed E-state index contributed by atoms with van der Waals surface area (Å²) in [5, 5.41) is 0.187. The molecule has 0 nitrogen and oxygen atoms in total. The fourth-order valence-electron chi connectivity index (χ4n) is 1.26. The third-order valence-electron chi connectivity index (χ3n) is 2.18. The Kier molecular flexibility index (Phi) is 4.95. The molecule has 0 aliphatic carbocycles. The van der Waals surface area contributed by atoms with Crippen molar-refractivity contribution in [1.29, 1.82) is 0 Å². The van der Waals surface area contributed by atoms with E-state index >= 15 is 0 Å². The molecule has 3 heteroatoms. The van der Waals surface area contributed by atoms with Gasteiger partial charge in [-0.3, -0.25) is 0 Å². The summed E-state index contributed by atoms with van der Waals surface area (Å²) in [4.78, 5) is 1.29. The number of halogens is 2. The van der Waals surface area contributed by atoms with E-state index < -0.39 is 0 Å². The lowest BCUT2D eigenvalue weighted by molar-refractivity contribution is 0.551. The molecule has 0 bridgehead atoms. The van der Waals surface area contributed by atoms with Crippen LogP contribution in [-0.2, 0) is 0 Å². The first kappa shape index (κ1) is 12.5. The van der Waals surface area contributed by atoms with Crippen molar-refractivity contribution in [2.24, 2.45) is 5.92 Å². The van der Waals surface area contributed by atoms with Gasteiger partial charge in [0.2, 0.25) is 0 Å². The zero-order valence-electron chi connectivity index (χ0n) is 8.81. The van der Waals surface area contributed by atoms with E-state index in [4.69, 9.17) is 11.6 Å². The molecule has 1 rings (SSSR count). The molecule has 0 N–H and O–H groups in total. The highest BCUT2D eigenvalue weighted by Crippen LogP contribution is 2.36. The zero-order valence-corrected chi connectivity index (χ0v) is 12.0. The second-order valence-corrected chi connectivity index (χ2v) is 6.97. The Morgan fingerprint density at radius 1 is 1.43 bits per heavy atom. The van der Waals surface area contributed by atoms with Gasteiger partial charge in [-0.15, -0.1) is 22.9 Å². The van der Waals surface area contributed by atoms with Crippen LogP contribution in [0, 0.1) is 12.8 Å². The summed E-state index contributed by atoms with van der Waals surface area (Å²) in [6, 6.07) is 2.19. The predicted molar refractivity (Wildman–Crippen MR) is 69.4 cm³/mol. The number of thiophene rings is 1. The van der Waals surface area contributed by atoms with E-state index in [0.717, 1.165) is 12.3 Å². The molecule has 1 heterocycles. The van der Waals surface area contributed by atoms with Crippen molar-refractivity contribution in [2.45, 2.75) is 39.0 Å². The Bertz CT molecular complexity index is 274. The lowest BCUT2D eigenvalue weighted by Gasteiger charge is -2.08. The first-order chi connectivity index (χ1) is 6.50.